The van der Waals surface area contributed by atoms with E-state index in [9.17, 15) is 9.59 Å². The second-order valence-electron chi connectivity index (χ2n) is 6.83. The molecule has 0 radical (unpaired) electrons. The van der Waals surface area contributed by atoms with Gasteiger partial charge in [0.2, 0.25) is 0 Å². The Morgan fingerprint density at radius 1 is 1.11 bits per heavy atom. The standard InChI is InChI=1S/C23H24O5/c1-5-14(2)26-23(25)16(4)27-20-12-11-18-19(17-9-7-6-8-10-17)13-21(24)28-22(18)15(20)3/h6-14,16H,5H2,1-4H3/t14-,16+/m0/s1. The van der Waals surface area contributed by atoms with Gasteiger partial charge in [0.05, 0.1) is 6.10 Å². The van der Waals surface area contributed by atoms with Crippen LogP contribution in [0.5, 0.6) is 5.75 Å². The molecule has 1 heterocycles. The van der Waals surface area contributed by atoms with Gasteiger partial charge in [-0.15, -0.1) is 0 Å². The van der Waals surface area contributed by atoms with Crippen LogP contribution in [0.1, 0.15) is 32.8 Å². The molecule has 2 aromatic carbocycles. The number of benzene rings is 2. The van der Waals surface area contributed by atoms with Crippen LogP contribution < -0.4 is 10.4 Å². The fourth-order valence-electron chi connectivity index (χ4n) is 2.94. The predicted octanol–water partition coefficient (Wildman–Crippen LogP) is 4.88. The molecule has 0 aliphatic rings. The molecule has 3 rings (SSSR count). The van der Waals surface area contributed by atoms with E-state index in [1.807, 2.05) is 57.2 Å². The Labute approximate surface area is 163 Å². The SMILES string of the molecule is CC[C@H](C)OC(=O)[C@@H](C)Oc1ccc2c(-c3ccccc3)cc(=O)oc2c1C. The first-order chi connectivity index (χ1) is 13.4. The highest BCUT2D eigenvalue weighted by Crippen LogP contribution is 2.33. The third-order valence-corrected chi connectivity index (χ3v) is 4.72. The summed E-state index contributed by atoms with van der Waals surface area (Å²) < 4.78 is 16.6. The van der Waals surface area contributed by atoms with E-state index in [0.717, 1.165) is 22.9 Å². The zero-order valence-corrected chi connectivity index (χ0v) is 16.5. The first kappa shape index (κ1) is 19.7. The van der Waals surface area contributed by atoms with Gasteiger partial charge in [-0.1, -0.05) is 37.3 Å². The van der Waals surface area contributed by atoms with Crippen LogP contribution >= 0.6 is 0 Å². The number of carbonyl (C=O) groups is 1. The molecular formula is C23H24O5. The lowest BCUT2D eigenvalue weighted by atomic mass is 10.00. The molecule has 0 fully saturated rings. The van der Waals surface area contributed by atoms with Crippen molar-refractivity contribution in [3.63, 3.8) is 0 Å². The molecule has 5 heteroatoms. The first-order valence-electron chi connectivity index (χ1n) is 9.40. The Morgan fingerprint density at radius 3 is 2.50 bits per heavy atom. The summed E-state index contributed by atoms with van der Waals surface area (Å²) in [4.78, 5) is 24.3. The minimum Gasteiger partial charge on any atom is -0.479 e. The van der Waals surface area contributed by atoms with Crippen LogP contribution in [-0.4, -0.2) is 18.2 Å². The van der Waals surface area contributed by atoms with Crippen molar-refractivity contribution in [1.82, 2.24) is 0 Å². The molecule has 1 aromatic heterocycles. The highest BCUT2D eigenvalue weighted by atomic mass is 16.6. The monoisotopic (exact) mass is 380 g/mol. The Hall–Kier alpha value is -3.08. The molecule has 0 aliphatic carbocycles. The number of fused-ring (bicyclic) bond motifs is 1. The third-order valence-electron chi connectivity index (χ3n) is 4.72. The van der Waals surface area contributed by atoms with Gasteiger partial charge in [0.25, 0.3) is 0 Å². The molecule has 0 amide bonds. The minimum absolute atomic E-state index is 0.164. The van der Waals surface area contributed by atoms with E-state index < -0.39 is 17.7 Å². The van der Waals surface area contributed by atoms with Gasteiger partial charge in [-0.25, -0.2) is 9.59 Å². The van der Waals surface area contributed by atoms with Crippen LogP contribution in [0.4, 0.5) is 0 Å². The first-order valence-corrected chi connectivity index (χ1v) is 9.40. The Kier molecular flexibility index (Phi) is 5.83. The summed E-state index contributed by atoms with van der Waals surface area (Å²) in [6.07, 6.45) is -0.196. The molecule has 2 atom stereocenters. The number of rotatable bonds is 6. The van der Waals surface area contributed by atoms with Crippen molar-refractivity contribution in [2.45, 2.75) is 46.3 Å². The van der Waals surface area contributed by atoms with Gasteiger partial charge >= 0.3 is 11.6 Å². The van der Waals surface area contributed by atoms with E-state index >= 15 is 0 Å². The van der Waals surface area contributed by atoms with Crippen LogP contribution in [0.2, 0.25) is 0 Å². The fraction of sp³-hybridized carbons (Fsp3) is 0.304. The Bertz CT molecular complexity index is 1040. The Morgan fingerprint density at radius 2 is 1.82 bits per heavy atom. The number of aryl methyl sites for hydroxylation is 1. The highest BCUT2D eigenvalue weighted by molar-refractivity contribution is 5.95. The molecule has 0 saturated carbocycles. The topological polar surface area (TPSA) is 65.7 Å². The van der Waals surface area contributed by atoms with Crippen LogP contribution in [0.25, 0.3) is 22.1 Å². The average Bonchev–Trinajstić information content (AvgIpc) is 2.70. The van der Waals surface area contributed by atoms with Gasteiger partial charge in [0, 0.05) is 17.0 Å². The lowest BCUT2D eigenvalue weighted by Crippen LogP contribution is -2.29. The van der Waals surface area contributed by atoms with Crippen molar-refractivity contribution in [3.8, 4) is 16.9 Å². The molecular weight excluding hydrogens is 356 g/mol. The molecule has 0 unspecified atom stereocenters. The fourth-order valence-corrected chi connectivity index (χ4v) is 2.94. The van der Waals surface area contributed by atoms with Gasteiger partial charge in [-0.2, -0.15) is 0 Å². The number of hydrogen-bond donors (Lipinski definition) is 0. The molecule has 0 saturated heterocycles. The van der Waals surface area contributed by atoms with Crippen LogP contribution in [0.15, 0.2) is 57.7 Å². The number of carbonyl (C=O) groups excluding carboxylic acids is 1. The minimum atomic E-state index is -0.769. The van der Waals surface area contributed by atoms with Crippen molar-refractivity contribution < 1.29 is 18.7 Å². The smallest absolute Gasteiger partial charge is 0.347 e. The van der Waals surface area contributed by atoms with E-state index in [1.54, 1.807) is 13.0 Å². The molecule has 0 bridgehead atoms. The van der Waals surface area contributed by atoms with E-state index in [2.05, 4.69) is 0 Å². The molecule has 28 heavy (non-hydrogen) atoms. The number of esters is 1. The maximum atomic E-state index is 12.2. The van der Waals surface area contributed by atoms with Crippen molar-refractivity contribution in [2.24, 2.45) is 0 Å². The Balaban J connectivity index is 1.98. The van der Waals surface area contributed by atoms with Gasteiger partial charge in [0.1, 0.15) is 11.3 Å². The van der Waals surface area contributed by atoms with Gasteiger partial charge in [-0.05, 0) is 50.5 Å². The predicted molar refractivity (Wildman–Crippen MR) is 109 cm³/mol. The third kappa shape index (κ3) is 4.09. The summed E-state index contributed by atoms with van der Waals surface area (Å²) in [6.45, 7) is 7.24. The molecule has 3 aromatic rings. The van der Waals surface area contributed by atoms with Crippen molar-refractivity contribution >= 4 is 16.9 Å². The summed E-state index contributed by atoms with van der Waals surface area (Å²) in [5, 5.41) is 0.811. The summed E-state index contributed by atoms with van der Waals surface area (Å²) >= 11 is 0. The number of ether oxygens (including phenoxy) is 2. The summed E-state index contributed by atoms with van der Waals surface area (Å²) in [7, 11) is 0. The summed E-state index contributed by atoms with van der Waals surface area (Å²) in [5.41, 5.74) is 2.41. The molecule has 146 valence electrons. The van der Waals surface area contributed by atoms with E-state index in [4.69, 9.17) is 13.9 Å². The van der Waals surface area contributed by atoms with Crippen molar-refractivity contribution in [1.29, 1.82) is 0 Å². The maximum Gasteiger partial charge on any atom is 0.347 e. The van der Waals surface area contributed by atoms with E-state index in [-0.39, 0.29) is 6.10 Å². The zero-order chi connectivity index (χ0) is 20.3. The van der Waals surface area contributed by atoms with Gasteiger partial charge < -0.3 is 13.9 Å². The van der Waals surface area contributed by atoms with Crippen LogP contribution in [0.3, 0.4) is 0 Å². The van der Waals surface area contributed by atoms with Crippen LogP contribution in [-0.2, 0) is 9.53 Å². The summed E-state index contributed by atoms with van der Waals surface area (Å²) in [6, 6.07) is 14.8. The van der Waals surface area contributed by atoms with Crippen molar-refractivity contribution in [2.75, 3.05) is 0 Å². The number of hydrogen-bond acceptors (Lipinski definition) is 5. The average molecular weight is 380 g/mol. The van der Waals surface area contributed by atoms with E-state index in [1.165, 1.54) is 6.07 Å². The molecule has 0 spiro atoms. The lowest BCUT2D eigenvalue weighted by Gasteiger charge is -2.18. The quantitative estimate of drug-likeness (QED) is 0.450. The summed E-state index contributed by atoms with van der Waals surface area (Å²) in [5.74, 6) is 0.0581. The van der Waals surface area contributed by atoms with Gasteiger partial charge in [-0.3, -0.25) is 0 Å². The largest absolute Gasteiger partial charge is 0.479 e. The molecule has 5 nitrogen and oxygen atoms in total. The van der Waals surface area contributed by atoms with Gasteiger partial charge in [0.15, 0.2) is 6.10 Å². The molecule has 0 N–H and O–H groups in total. The second kappa shape index (κ2) is 8.30. The normalized spacial score (nSPS) is 13.1. The highest BCUT2D eigenvalue weighted by Gasteiger charge is 2.21. The second-order valence-corrected chi connectivity index (χ2v) is 6.83. The van der Waals surface area contributed by atoms with E-state index in [0.29, 0.717) is 16.9 Å². The lowest BCUT2D eigenvalue weighted by molar-refractivity contribution is -0.155. The zero-order valence-electron chi connectivity index (χ0n) is 16.5. The van der Waals surface area contributed by atoms with Crippen molar-refractivity contribution in [3.05, 3.63) is 64.5 Å². The molecule has 0 aliphatic heterocycles. The maximum absolute atomic E-state index is 12.2. The van der Waals surface area contributed by atoms with Crippen LogP contribution in [0, 0.1) is 6.92 Å².